The molecule has 0 atom stereocenters. The van der Waals surface area contributed by atoms with Crippen molar-refractivity contribution in [3.05, 3.63) is 11.9 Å². The molecule has 1 N–H and O–H groups in total. The van der Waals surface area contributed by atoms with Crippen LogP contribution in [-0.4, -0.2) is 53.6 Å². The summed E-state index contributed by atoms with van der Waals surface area (Å²) in [6.07, 6.45) is 2.01. The van der Waals surface area contributed by atoms with E-state index in [0.29, 0.717) is 0 Å². The van der Waals surface area contributed by atoms with Crippen molar-refractivity contribution >= 4 is 11.6 Å². The van der Waals surface area contributed by atoms with Crippen molar-refractivity contribution in [1.82, 2.24) is 14.9 Å². The molecule has 0 aliphatic carbocycles. The maximum Gasteiger partial charge on any atom is 0.134 e. The molecule has 0 spiro atoms. The summed E-state index contributed by atoms with van der Waals surface area (Å²) in [7, 11) is 1.92. The minimum Gasteiger partial charge on any atom is -0.373 e. The van der Waals surface area contributed by atoms with Crippen LogP contribution in [0.3, 0.4) is 0 Å². The minimum absolute atomic E-state index is 0.251. The van der Waals surface area contributed by atoms with Crippen LogP contribution in [0.5, 0.6) is 0 Å². The number of anilines is 2. The molecular weight excluding hydrogens is 262 g/mol. The van der Waals surface area contributed by atoms with Gasteiger partial charge in [0, 0.05) is 51.3 Å². The number of rotatable bonds is 4. The summed E-state index contributed by atoms with van der Waals surface area (Å²) in [6.45, 7) is 13.3. The topological polar surface area (TPSA) is 44.3 Å². The Balaban J connectivity index is 2.10. The molecule has 1 aliphatic heterocycles. The van der Waals surface area contributed by atoms with E-state index in [1.165, 1.54) is 0 Å². The van der Waals surface area contributed by atoms with Gasteiger partial charge < -0.3 is 10.2 Å². The highest BCUT2D eigenvalue weighted by atomic mass is 15.3. The summed E-state index contributed by atoms with van der Waals surface area (Å²) in [5.41, 5.74) is 0.251. The molecule has 2 rings (SSSR count). The van der Waals surface area contributed by atoms with E-state index < -0.39 is 0 Å². The van der Waals surface area contributed by atoms with Crippen molar-refractivity contribution in [1.29, 1.82) is 0 Å². The molecule has 0 amide bonds. The maximum absolute atomic E-state index is 4.74. The van der Waals surface area contributed by atoms with Gasteiger partial charge in [0.15, 0.2) is 0 Å². The van der Waals surface area contributed by atoms with Gasteiger partial charge in [-0.25, -0.2) is 9.97 Å². The van der Waals surface area contributed by atoms with Crippen molar-refractivity contribution < 1.29 is 0 Å². The van der Waals surface area contributed by atoms with E-state index in [9.17, 15) is 0 Å². The van der Waals surface area contributed by atoms with Gasteiger partial charge in [-0.1, -0.05) is 6.92 Å². The highest BCUT2D eigenvalue weighted by Gasteiger charge is 2.26. The van der Waals surface area contributed by atoms with E-state index in [-0.39, 0.29) is 5.54 Å². The molecule has 0 bridgehead atoms. The normalized spacial score (nSPS) is 17.1. The minimum atomic E-state index is 0.251. The van der Waals surface area contributed by atoms with E-state index in [1.54, 1.807) is 0 Å². The smallest absolute Gasteiger partial charge is 0.134 e. The molecule has 1 aromatic heterocycles. The lowest BCUT2D eigenvalue weighted by Crippen LogP contribution is -2.53. The molecule has 1 saturated heterocycles. The molecule has 1 aliphatic rings. The second-order valence-electron chi connectivity index (χ2n) is 6.67. The Hall–Kier alpha value is -1.36. The largest absolute Gasteiger partial charge is 0.373 e. The highest BCUT2D eigenvalue weighted by molar-refractivity contribution is 5.49. The first-order chi connectivity index (χ1) is 9.94. The summed E-state index contributed by atoms with van der Waals surface area (Å²) < 4.78 is 0. The Morgan fingerprint density at radius 3 is 2.33 bits per heavy atom. The Morgan fingerprint density at radius 2 is 1.81 bits per heavy atom. The van der Waals surface area contributed by atoms with Gasteiger partial charge in [-0.3, -0.25) is 4.90 Å². The third-order valence-electron chi connectivity index (χ3n) is 4.04. The van der Waals surface area contributed by atoms with Crippen molar-refractivity contribution in [2.24, 2.45) is 0 Å². The molecule has 5 nitrogen and oxygen atoms in total. The van der Waals surface area contributed by atoms with Crippen molar-refractivity contribution in [3.63, 3.8) is 0 Å². The van der Waals surface area contributed by atoms with Crippen LogP contribution in [0.2, 0.25) is 0 Å². The monoisotopic (exact) mass is 291 g/mol. The second-order valence-corrected chi connectivity index (χ2v) is 6.67. The van der Waals surface area contributed by atoms with Gasteiger partial charge in [0.2, 0.25) is 0 Å². The zero-order valence-corrected chi connectivity index (χ0v) is 14.1. The number of aromatic nitrogens is 2. The number of piperazine rings is 1. The van der Waals surface area contributed by atoms with Gasteiger partial charge in [-0.15, -0.1) is 0 Å². The first-order valence-corrected chi connectivity index (χ1v) is 7.99. The van der Waals surface area contributed by atoms with Crippen LogP contribution in [0.25, 0.3) is 0 Å². The third kappa shape index (κ3) is 4.06. The Kier molecular flexibility index (Phi) is 5.04. The van der Waals surface area contributed by atoms with Gasteiger partial charge in [-0.2, -0.15) is 0 Å². The second kappa shape index (κ2) is 6.60. The molecule has 5 heteroatoms. The third-order valence-corrected chi connectivity index (χ3v) is 4.04. The van der Waals surface area contributed by atoms with Crippen LogP contribution >= 0.6 is 0 Å². The van der Waals surface area contributed by atoms with Crippen molar-refractivity contribution in [2.45, 2.75) is 46.1 Å². The van der Waals surface area contributed by atoms with Gasteiger partial charge >= 0.3 is 0 Å². The molecule has 21 heavy (non-hydrogen) atoms. The van der Waals surface area contributed by atoms with Crippen molar-refractivity contribution in [2.75, 3.05) is 43.4 Å². The highest BCUT2D eigenvalue weighted by Crippen LogP contribution is 2.21. The fraction of sp³-hybridized carbons (Fsp3) is 0.750. The van der Waals surface area contributed by atoms with Gasteiger partial charge in [0.25, 0.3) is 0 Å². The summed E-state index contributed by atoms with van der Waals surface area (Å²) in [5.74, 6) is 2.92. The first-order valence-electron chi connectivity index (χ1n) is 7.99. The quantitative estimate of drug-likeness (QED) is 0.923. The lowest BCUT2D eigenvalue weighted by Gasteiger charge is -2.42. The van der Waals surface area contributed by atoms with Crippen LogP contribution in [0.15, 0.2) is 6.07 Å². The zero-order chi connectivity index (χ0) is 15.5. The lowest BCUT2D eigenvalue weighted by atomic mass is 10.1. The predicted octanol–water partition coefficient (Wildman–Crippen LogP) is 2.39. The number of nitrogens with one attached hydrogen (secondary N) is 1. The Bertz CT molecular complexity index is 458. The SMILES string of the molecule is CCCc1nc(NC)cc(N2CCN(C(C)(C)C)CC2)n1. The predicted molar refractivity (Wildman–Crippen MR) is 89.1 cm³/mol. The average Bonchev–Trinajstić information content (AvgIpc) is 2.46. The van der Waals surface area contributed by atoms with E-state index in [4.69, 9.17) is 4.98 Å². The molecule has 118 valence electrons. The zero-order valence-electron chi connectivity index (χ0n) is 14.1. The molecular formula is C16H29N5. The molecule has 0 aromatic carbocycles. The fourth-order valence-electron chi connectivity index (χ4n) is 2.71. The molecule has 1 fully saturated rings. The summed E-state index contributed by atoms with van der Waals surface area (Å²) in [4.78, 5) is 14.2. The summed E-state index contributed by atoms with van der Waals surface area (Å²) in [5, 5.41) is 3.15. The van der Waals surface area contributed by atoms with Gasteiger partial charge in [-0.05, 0) is 27.2 Å². The van der Waals surface area contributed by atoms with Crippen LogP contribution in [0.4, 0.5) is 11.6 Å². The standard InChI is InChI=1S/C16H29N5/c1-6-7-13-18-14(17-5)12-15(19-13)20-8-10-21(11-9-20)16(2,3)4/h12H,6-11H2,1-5H3,(H,17,18,19). The summed E-state index contributed by atoms with van der Waals surface area (Å²) in [6, 6.07) is 2.06. The Labute approximate surface area is 128 Å². The summed E-state index contributed by atoms with van der Waals surface area (Å²) >= 11 is 0. The fourth-order valence-corrected chi connectivity index (χ4v) is 2.71. The van der Waals surface area contributed by atoms with Crippen LogP contribution in [0.1, 0.15) is 39.9 Å². The van der Waals surface area contributed by atoms with E-state index in [0.717, 1.165) is 56.5 Å². The maximum atomic E-state index is 4.74. The van der Waals surface area contributed by atoms with Crippen LogP contribution in [-0.2, 0) is 6.42 Å². The molecule has 0 saturated carbocycles. The van der Waals surface area contributed by atoms with E-state index >= 15 is 0 Å². The lowest BCUT2D eigenvalue weighted by molar-refractivity contribution is 0.128. The molecule has 1 aromatic rings. The number of nitrogens with zero attached hydrogens (tertiary/aromatic N) is 4. The van der Waals surface area contributed by atoms with E-state index in [2.05, 4.69) is 53.9 Å². The number of hydrogen-bond acceptors (Lipinski definition) is 5. The van der Waals surface area contributed by atoms with Crippen LogP contribution in [0, 0.1) is 0 Å². The molecule has 0 radical (unpaired) electrons. The molecule has 2 heterocycles. The van der Waals surface area contributed by atoms with Gasteiger partial charge in [0.1, 0.15) is 17.5 Å². The Morgan fingerprint density at radius 1 is 1.14 bits per heavy atom. The van der Waals surface area contributed by atoms with Crippen molar-refractivity contribution in [3.8, 4) is 0 Å². The van der Waals surface area contributed by atoms with Gasteiger partial charge in [0.05, 0.1) is 0 Å². The number of aryl methyl sites for hydroxylation is 1. The van der Waals surface area contributed by atoms with Crippen LogP contribution < -0.4 is 10.2 Å². The average molecular weight is 291 g/mol. The number of hydrogen-bond donors (Lipinski definition) is 1. The molecule has 0 unspecified atom stereocenters. The van der Waals surface area contributed by atoms with E-state index in [1.807, 2.05) is 7.05 Å². The first kappa shape index (κ1) is 16.0.